The van der Waals surface area contributed by atoms with Crippen LogP contribution in [0.5, 0.6) is 0 Å². The summed E-state index contributed by atoms with van der Waals surface area (Å²) in [7, 11) is 0. The van der Waals surface area contributed by atoms with E-state index in [0.717, 1.165) is 72.9 Å². The zero-order valence-corrected chi connectivity index (χ0v) is 15.5. The van der Waals surface area contributed by atoms with E-state index in [1.54, 1.807) is 6.07 Å². The van der Waals surface area contributed by atoms with Crippen molar-refractivity contribution in [2.75, 3.05) is 31.2 Å². The molecule has 1 fully saturated rings. The highest BCUT2D eigenvalue weighted by Gasteiger charge is 2.30. The number of aromatic nitrogens is 1. The van der Waals surface area contributed by atoms with Crippen LogP contribution in [0.3, 0.4) is 0 Å². The Labute approximate surface area is 162 Å². The normalized spacial score (nSPS) is 21.5. The summed E-state index contributed by atoms with van der Waals surface area (Å²) in [5, 5.41) is 3.16. The molecule has 6 nitrogen and oxygen atoms in total. The van der Waals surface area contributed by atoms with Crippen molar-refractivity contribution in [3.63, 3.8) is 0 Å². The van der Waals surface area contributed by atoms with Gasteiger partial charge in [-0.15, -0.1) is 0 Å². The SMILES string of the molecule is NC1=NC(c2ccc(N3CCOCC3)nc2)C2=C(N1)c1cc(F)ccc1CC2. The first-order chi connectivity index (χ1) is 13.7. The molecule has 2 aliphatic heterocycles. The zero-order valence-electron chi connectivity index (χ0n) is 15.5. The van der Waals surface area contributed by atoms with E-state index >= 15 is 0 Å². The van der Waals surface area contributed by atoms with Crippen molar-refractivity contribution in [2.45, 2.75) is 18.9 Å². The van der Waals surface area contributed by atoms with E-state index in [1.807, 2.05) is 18.3 Å². The van der Waals surface area contributed by atoms with E-state index in [4.69, 9.17) is 10.5 Å². The molecule has 1 unspecified atom stereocenters. The van der Waals surface area contributed by atoms with E-state index in [0.29, 0.717) is 5.96 Å². The van der Waals surface area contributed by atoms with Crippen molar-refractivity contribution in [1.82, 2.24) is 10.3 Å². The average Bonchev–Trinajstić information content (AvgIpc) is 2.74. The Hall–Kier alpha value is -2.93. The quantitative estimate of drug-likeness (QED) is 0.838. The van der Waals surface area contributed by atoms with Gasteiger partial charge in [0.15, 0.2) is 5.96 Å². The smallest absolute Gasteiger partial charge is 0.194 e. The lowest BCUT2D eigenvalue weighted by Gasteiger charge is -2.32. The van der Waals surface area contributed by atoms with Crippen molar-refractivity contribution in [1.29, 1.82) is 0 Å². The molecule has 0 bridgehead atoms. The Morgan fingerprint density at radius 2 is 2.00 bits per heavy atom. The van der Waals surface area contributed by atoms with Crippen LogP contribution in [0.4, 0.5) is 10.2 Å². The first kappa shape index (κ1) is 17.2. The number of nitrogens with zero attached hydrogens (tertiary/aromatic N) is 3. The number of nitrogens with one attached hydrogen (secondary N) is 1. The van der Waals surface area contributed by atoms with Gasteiger partial charge in [-0.3, -0.25) is 0 Å². The molecule has 1 aromatic carbocycles. The second-order valence-corrected chi connectivity index (χ2v) is 7.29. The van der Waals surface area contributed by atoms with E-state index in [9.17, 15) is 4.39 Å². The average molecular weight is 379 g/mol. The maximum atomic E-state index is 13.9. The second kappa shape index (κ2) is 6.91. The minimum Gasteiger partial charge on any atom is -0.378 e. The summed E-state index contributed by atoms with van der Waals surface area (Å²) in [4.78, 5) is 11.5. The van der Waals surface area contributed by atoms with Gasteiger partial charge in [-0.05, 0) is 47.7 Å². The van der Waals surface area contributed by atoms with Crippen molar-refractivity contribution in [3.05, 3.63) is 64.6 Å². The molecule has 3 N–H and O–H groups in total. The van der Waals surface area contributed by atoms with Crippen LogP contribution < -0.4 is 16.0 Å². The van der Waals surface area contributed by atoms with Crippen LogP contribution in [-0.2, 0) is 11.2 Å². The van der Waals surface area contributed by atoms with Crippen LogP contribution in [0.2, 0.25) is 0 Å². The van der Waals surface area contributed by atoms with Crippen molar-refractivity contribution >= 4 is 17.5 Å². The highest BCUT2D eigenvalue weighted by Crippen LogP contribution is 2.40. The summed E-state index contributed by atoms with van der Waals surface area (Å²) in [6.07, 6.45) is 3.60. The third kappa shape index (κ3) is 3.01. The molecule has 1 aliphatic carbocycles. The second-order valence-electron chi connectivity index (χ2n) is 7.29. The van der Waals surface area contributed by atoms with Gasteiger partial charge in [0.2, 0.25) is 0 Å². The Balaban J connectivity index is 1.50. The number of anilines is 1. The van der Waals surface area contributed by atoms with E-state index in [-0.39, 0.29) is 11.9 Å². The number of ether oxygens (including phenoxy) is 1. The van der Waals surface area contributed by atoms with Crippen molar-refractivity contribution < 1.29 is 9.13 Å². The van der Waals surface area contributed by atoms with E-state index in [2.05, 4.69) is 26.3 Å². The van der Waals surface area contributed by atoms with Gasteiger partial charge in [-0.2, -0.15) is 0 Å². The molecule has 1 atom stereocenters. The van der Waals surface area contributed by atoms with Crippen LogP contribution in [0, 0.1) is 5.82 Å². The number of rotatable bonds is 2. The van der Waals surface area contributed by atoms with Gasteiger partial charge in [0.05, 0.1) is 18.9 Å². The van der Waals surface area contributed by atoms with Crippen LogP contribution in [0.15, 0.2) is 47.1 Å². The fourth-order valence-electron chi connectivity index (χ4n) is 4.18. The van der Waals surface area contributed by atoms with Gasteiger partial charge in [0.25, 0.3) is 0 Å². The lowest BCUT2D eigenvalue weighted by Crippen LogP contribution is -2.37. The molecule has 0 saturated carbocycles. The lowest BCUT2D eigenvalue weighted by atomic mass is 9.83. The fraction of sp³-hybridized carbons (Fsp3) is 0.333. The predicted octanol–water partition coefficient (Wildman–Crippen LogP) is 2.37. The van der Waals surface area contributed by atoms with Gasteiger partial charge < -0.3 is 20.7 Å². The molecule has 5 rings (SSSR count). The van der Waals surface area contributed by atoms with Crippen molar-refractivity contribution in [2.24, 2.45) is 10.7 Å². The van der Waals surface area contributed by atoms with E-state index in [1.165, 1.54) is 6.07 Å². The number of halogens is 1. The molecule has 0 spiro atoms. The highest BCUT2D eigenvalue weighted by molar-refractivity contribution is 5.92. The summed E-state index contributed by atoms with van der Waals surface area (Å²) in [5.74, 6) is 1.05. The summed E-state index contributed by atoms with van der Waals surface area (Å²) in [6, 6.07) is 8.84. The minimum atomic E-state index is -0.247. The number of aryl methyl sites for hydroxylation is 1. The van der Waals surface area contributed by atoms with Crippen LogP contribution in [0.1, 0.15) is 29.2 Å². The highest BCUT2D eigenvalue weighted by atomic mass is 19.1. The van der Waals surface area contributed by atoms with Gasteiger partial charge in [-0.1, -0.05) is 12.1 Å². The van der Waals surface area contributed by atoms with Gasteiger partial charge in [0, 0.05) is 24.8 Å². The third-order valence-electron chi connectivity index (χ3n) is 5.60. The third-order valence-corrected chi connectivity index (χ3v) is 5.60. The number of pyridine rings is 1. The maximum absolute atomic E-state index is 13.9. The number of morpholine rings is 1. The zero-order chi connectivity index (χ0) is 19.1. The molecule has 28 heavy (non-hydrogen) atoms. The fourth-order valence-corrected chi connectivity index (χ4v) is 4.18. The molecule has 3 heterocycles. The van der Waals surface area contributed by atoms with Gasteiger partial charge in [0.1, 0.15) is 17.7 Å². The summed E-state index contributed by atoms with van der Waals surface area (Å²) in [6.45, 7) is 3.15. The number of guanidine groups is 1. The Kier molecular flexibility index (Phi) is 4.24. The molecular weight excluding hydrogens is 357 g/mol. The molecule has 0 radical (unpaired) electrons. The summed E-state index contributed by atoms with van der Waals surface area (Å²) in [5.41, 5.74) is 11.1. The van der Waals surface area contributed by atoms with Crippen LogP contribution in [-0.4, -0.2) is 37.2 Å². The lowest BCUT2D eigenvalue weighted by molar-refractivity contribution is 0.122. The Morgan fingerprint density at radius 3 is 2.79 bits per heavy atom. The molecule has 1 aromatic heterocycles. The number of aliphatic imine (C=N–C) groups is 1. The standard InChI is InChI=1S/C21H22FN5O/c22-15-4-1-13-2-5-16-19(25-21(23)26-20(16)17(13)11-15)14-3-6-18(24-12-14)27-7-9-28-10-8-27/h1,3-4,6,11-12,19H,2,5,7-10H2,(H3,23,25,26). The number of hydrogen-bond acceptors (Lipinski definition) is 6. The van der Waals surface area contributed by atoms with Crippen LogP contribution >= 0.6 is 0 Å². The van der Waals surface area contributed by atoms with E-state index < -0.39 is 0 Å². The molecule has 144 valence electrons. The number of benzene rings is 1. The molecule has 1 saturated heterocycles. The minimum absolute atomic E-state index is 0.195. The number of fused-ring (bicyclic) bond motifs is 2. The topological polar surface area (TPSA) is 75.8 Å². The molecule has 2 aromatic rings. The first-order valence-corrected chi connectivity index (χ1v) is 9.60. The Bertz CT molecular complexity index is 963. The predicted molar refractivity (Wildman–Crippen MR) is 106 cm³/mol. The first-order valence-electron chi connectivity index (χ1n) is 9.60. The van der Waals surface area contributed by atoms with Crippen LogP contribution in [0.25, 0.3) is 5.70 Å². The maximum Gasteiger partial charge on any atom is 0.194 e. The van der Waals surface area contributed by atoms with Gasteiger partial charge >= 0.3 is 0 Å². The van der Waals surface area contributed by atoms with Crippen molar-refractivity contribution in [3.8, 4) is 0 Å². The monoisotopic (exact) mass is 379 g/mol. The Morgan fingerprint density at radius 1 is 1.14 bits per heavy atom. The largest absolute Gasteiger partial charge is 0.378 e. The summed E-state index contributed by atoms with van der Waals surface area (Å²) >= 11 is 0. The van der Waals surface area contributed by atoms with Gasteiger partial charge in [-0.25, -0.2) is 14.4 Å². The molecule has 7 heteroatoms. The summed E-state index contributed by atoms with van der Waals surface area (Å²) < 4.78 is 19.3. The molecular formula is C21H22FN5O. The number of hydrogen-bond donors (Lipinski definition) is 2. The molecule has 0 amide bonds. The number of nitrogens with two attached hydrogens (primary N) is 1. The molecule has 3 aliphatic rings.